The first-order valence-corrected chi connectivity index (χ1v) is 9.21. The second-order valence-electron chi connectivity index (χ2n) is 6.21. The maximum atomic E-state index is 6.21. The van der Waals surface area contributed by atoms with Crippen LogP contribution in [0.15, 0.2) is 34.3 Å². The van der Waals surface area contributed by atoms with Crippen molar-refractivity contribution in [2.75, 3.05) is 23.7 Å². The van der Waals surface area contributed by atoms with Crippen molar-refractivity contribution in [3.63, 3.8) is 0 Å². The lowest BCUT2D eigenvalue weighted by molar-refractivity contribution is 0.363. The molecular weight excluding hydrogens is 365 g/mol. The third-order valence-corrected chi connectivity index (χ3v) is 6.10. The summed E-state index contributed by atoms with van der Waals surface area (Å²) in [5.41, 5.74) is 12.2. The summed E-state index contributed by atoms with van der Waals surface area (Å²) in [4.78, 5) is 11.9. The number of nitrogens with two attached hydrogens (primary N) is 2. The number of halogens is 2. The Bertz CT molecular complexity index is 743. The molecular formula is C16H19Cl2N5S. The predicted molar refractivity (Wildman–Crippen MR) is 101 cm³/mol. The summed E-state index contributed by atoms with van der Waals surface area (Å²) in [7, 11) is 0. The number of rotatable bonds is 3. The number of aromatic nitrogens is 2. The zero-order valence-electron chi connectivity index (χ0n) is 13.3. The molecule has 8 heteroatoms. The van der Waals surface area contributed by atoms with Crippen molar-refractivity contribution < 1.29 is 0 Å². The quantitative estimate of drug-likeness (QED) is 0.837. The van der Waals surface area contributed by atoms with Gasteiger partial charge in [-0.15, -0.1) is 0 Å². The minimum atomic E-state index is -0.103. The minimum absolute atomic E-state index is 0.103. The standard InChI is InChI=1S/C16H19Cl2N5S/c1-16(20)5-7-23(8-6-16)12-9-21-15(14(19)22-12)24-11-4-2-3-10(17)13(11)18/h2-4,9H,5-8,20H2,1H3,(H2,19,22). The maximum absolute atomic E-state index is 6.21. The number of piperidine rings is 1. The molecule has 1 aliphatic heterocycles. The molecule has 1 aromatic heterocycles. The van der Waals surface area contributed by atoms with Crippen LogP contribution in [0.4, 0.5) is 11.6 Å². The Labute approximate surface area is 155 Å². The van der Waals surface area contributed by atoms with Crippen LogP contribution in [0.25, 0.3) is 0 Å². The van der Waals surface area contributed by atoms with E-state index in [1.807, 2.05) is 12.1 Å². The van der Waals surface area contributed by atoms with Gasteiger partial charge in [0.2, 0.25) is 0 Å². The number of hydrogen-bond donors (Lipinski definition) is 2. The minimum Gasteiger partial charge on any atom is -0.381 e. The van der Waals surface area contributed by atoms with Crippen LogP contribution in [-0.2, 0) is 0 Å². The molecule has 0 aliphatic carbocycles. The summed E-state index contributed by atoms with van der Waals surface area (Å²) in [6.45, 7) is 3.79. The molecule has 3 rings (SSSR count). The van der Waals surface area contributed by atoms with E-state index in [2.05, 4.69) is 21.8 Å². The van der Waals surface area contributed by atoms with Crippen LogP contribution in [0.1, 0.15) is 19.8 Å². The zero-order chi connectivity index (χ0) is 17.3. The fraction of sp³-hybridized carbons (Fsp3) is 0.375. The second-order valence-corrected chi connectivity index (χ2v) is 8.03. The first-order chi connectivity index (χ1) is 11.4. The Kier molecular flexibility index (Phi) is 5.11. The molecule has 1 aliphatic rings. The summed E-state index contributed by atoms with van der Waals surface area (Å²) < 4.78 is 0. The molecule has 0 atom stereocenters. The van der Waals surface area contributed by atoms with E-state index in [9.17, 15) is 0 Å². The van der Waals surface area contributed by atoms with E-state index in [1.165, 1.54) is 11.8 Å². The Morgan fingerprint density at radius 3 is 2.62 bits per heavy atom. The largest absolute Gasteiger partial charge is 0.381 e. The Balaban J connectivity index is 1.77. The van der Waals surface area contributed by atoms with Crippen molar-refractivity contribution in [2.45, 2.75) is 35.2 Å². The number of benzene rings is 1. The third-order valence-electron chi connectivity index (χ3n) is 4.10. The van der Waals surface area contributed by atoms with Gasteiger partial charge in [0.25, 0.3) is 0 Å². The van der Waals surface area contributed by atoms with E-state index < -0.39 is 0 Å². The van der Waals surface area contributed by atoms with Gasteiger partial charge in [-0.3, -0.25) is 0 Å². The van der Waals surface area contributed by atoms with Crippen LogP contribution in [-0.4, -0.2) is 28.6 Å². The number of anilines is 2. The molecule has 0 unspecified atom stereocenters. The zero-order valence-corrected chi connectivity index (χ0v) is 15.6. The molecule has 5 nitrogen and oxygen atoms in total. The second kappa shape index (κ2) is 6.96. The highest BCUT2D eigenvalue weighted by Crippen LogP contribution is 2.38. The van der Waals surface area contributed by atoms with Crippen molar-refractivity contribution >= 4 is 46.6 Å². The highest BCUT2D eigenvalue weighted by atomic mass is 35.5. The lowest BCUT2D eigenvalue weighted by Gasteiger charge is -2.37. The molecule has 0 saturated carbocycles. The predicted octanol–water partition coefficient (Wildman–Crippen LogP) is 3.83. The number of nitrogen functional groups attached to an aromatic ring is 1. The van der Waals surface area contributed by atoms with Gasteiger partial charge >= 0.3 is 0 Å². The van der Waals surface area contributed by atoms with Gasteiger partial charge in [0.1, 0.15) is 10.8 Å². The number of hydrogen-bond acceptors (Lipinski definition) is 6. The molecule has 128 valence electrons. The summed E-state index contributed by atoms with van der Waals surface area (Å²) >= 11 is 13.6. The molecule has 0 amide bonds. The molecule has 2 aromatic rings. The first-order valence-electron chi connectivity index (χ1n) is 7.64. The van der Waals surface area contributed by atoms with Gasteiger partial charge in [0.15, 0.2) is 5.82 Å². The summed E-state index contributed by atoms with van der Waals surface area (Å²) in [6.07, 6.45) is 3.59. The Morgan fingerprint density at radius 1 is 1.25 bits per heavy atom. The van der Waals surface area contributed by atoms with Crippen LogP contribution >= 0.6 is 35.0 Å². The van der Waals surface area contributed by atoms with Crippen LogP contribution in [0, 0.1) is 0 Å². The molecule has 24 heavy (non-hydrogen) atoms. The van der Waals surface area contributed by atoms with E-state index in [0.717, 1.165) is 36.6 Å². The molecule has 1 aromatic carbocycles. The molecule has 1 saturated heterocycles. The highest BCUT2D eigenvalue weighted by molar-refractivity contribution is 7.99. The van der Waals surface area contributed by atoms with Crippen LogP contribution in [0.5, 0.6) is 0 Å². The average molecular weight is 384 g/mol. The van der Waals surface area contributed by atoms with Crippen LogP contribution in [0.2, 0.25) is 10.0 Å². The fourth-order valence-corrected chi connectivity index (χ4v) is 3.81. The molecule has 1 fully saturated rings. The van der Waals surface area contributed by atoms with Gasteiger partial charge in [-0.25, -0.2) is 9.97 Å². The van der Waals surface area contributed by atoms with Gasteiger partial charge in [-0.1, -0.05) is 41.0 Å². The van der Waals surface area contributed by atoms with Crippen LogP contribution < -0.4 is 16.4 Å². The normalized spacial score (nSPS) is 17.1. The van der Waals surface area contributed by atoms with Gasteiger partial charge in [-0.2, -0.15) is 0 Å². The lowest BCUT2D eigenvalue weighted by atomic mass is 9.91. The average Bonchev–Trinajstić information content (AvgIpc) is 2.53. The van der Waals surface area contributed by atoms with Gasteiger partial charge < -0.3 is 16.4 Å². The molecule has 2 heterocycles. The van der Waals surface area contributed by atoms with Gasteiger partial charge in [-0.05, 0) is 31.9 Å². The topological polar surface area (TPSA) is 81.1 Å². The SMILES string of the molecule is CC1(N)CCN(c2cnc(Sc3cccc(Cl)c3Cl)c(N)n2)CC1. The summed E-state index contributed by atoms with van der Waals surface area (Å²) in [6, 6.07) is 5.46. The molecule has 0 bridgehead atoms. The maximum Gasteiger partial charge on any atom is 0.158 e. The van der Waals surface area contributed by atoms with Crippen molar-refractivity contribution in [3.8, 4) is 0 Å². The lowest BCUT2D eigenvalue weighted by Crippen LogP contribution is -2.48. The molecule has 0 spiro atoms. The molecule has 0 radical (unpaired) electrons. The van der Waals surface area contributed by atoms with E-state index in [-0.39, 0.29) is 5.54 Å². The Morgan fingerprint density at radius 2 is 1.96 bits per heavy atom. The monoisotopic (exact) mass is 383 g/mol. The van der Waals surface area contributed by atoms with Gasteiger partial charge in [0, 0.05) is 23.5 Å². The third kappa shape index (κ3) is 3.88. The van der Waals surface area contributed by atoms with E-state index >= 15 is 0 Å². The highest BCUT2D eigenvalue weighted by Gasteiger charge is 2.27. The smallest absolute Gasteiger partial charge is 0.158 e. The van der Waals surface area contributed by atoms with Crippen molar-refractivity contribution in [1.29, 1.82) is 0 Å². The van der Waals surface area contributed by atoms with E-state index in [1.54, 1.807) is 12.3 Å². The molecule has 4 N–H and O–H groups in total. The van der Waals surface area contributed by atoms with Crippen molar-refractivity contribution in [2.24, 2.45) is 5.73 Å². The van der Waals surface area contributed by atoms with Gasteiger partial charge in [0.05, 0.1) is 16.2 Å². The van der Waals surface area contributed by atoms with E-state index in [4.69, 9.17) is 34.7 Å². The summed E-state index contributed by atoms with van der Waals surface area (Å²) in [5, 5.41) is 1.61. The van der Waals surface area contributed by atoms with Crippen LogP contribution in [0.3, 0.4) is 0 Å². The number of nitrogens with zero attached hydrogens (tertiary/aromatic N) is 3. The first kappa shape index (κ1) is 17.6. The fourth-order valence-electron chi connectivity index (χ4n) is 2.53. The van der Waals surface area contributed by atoms with E-state index in [0.29, 0.717) is 20.9 Å². The van der Waals surface area contributed by atoms with Crippen molar-refractivity contribution in [3.05, 3.63) is 34.4 Å². The summed E-state index contributed by atoms with van der Waals surface area (Å²) in [5.74, 6) is 1.17. The Hall–Kier alpha value is -1.21. The van der Waals surface area contributed by atoms with Crippen molar-refractivity contribution in [1.82, 2.24) is 9.97 Å².